The summed E-state index contributed by atoms with van der Waals surface area (Å²) in [5, 5.41) is 15.1. The molecule has 7 nitrogen and oxygen atoms in total. The highest BCUT2D eigenvalue weighted by Gasteiger charge is 2.23. The molecule has 0 aliphatic carbocycles. The van der Waals surface area contributed by atoms with Gasteiger partial charge in [0.05, 0.1) is 17.1 Å². The van der Waals surface area contributed by atoms with Gasteiger partial charge < -0.3 is 9.88 Å². The SMILES string of the molecule is C[C@H](N[C@H](C)c1nnc2n1CCCC2)C(=O)Nc1ccc(Cl)cn1. The van der Waals surface area contributed by atoms with E-state index in [1.165, 1.54) is 6.20 Å². The average Bonchev–Trinajstić information content (AvgIpc) is 3.01. The van der Waals surface area contributed by atoms with E-state index in [1.54, 1.807) is 12.1 Å². The monoisotopic (exact) mass is 348 g/mol. The molecule has 1 aliphatic heterocycles. The number of rotatable bonds is 5. The Hall–Kier alpha value is -1.99. The largest absolute Gasteiger partial charge is 0.314 e. The van der Waals surface area contributed by atoms with Crippen LogP contribution in [0, 0.1) is 0 Å². The lowest BCUT2D eigenvalue weighted by molar-refractivity contribution is -0.118. The fraction of sp³-hybridized carbons (Fsp3) is 0.500. The zero-order valence-electron chi connectivity index (χ0n) is 13.8. The van der Waals surface area contributed by atoms with Gasteiger partial charge >= 0.3 is 0 Å². The molecule has 0 fully saturated rings. The highest BCUT2D eigenvalue weighted by Crippen LogP contribution is 2.19. The standard InChI is InChI=1S/C16H21ClN6O/c1-10(15-22-21-14-5-3-4-8-23(14)15)19-11(2)16(24)20-13-7-6-12(17)9-18-13/h6-7,9-11,19H,3-5,8H2,1-2H3,(H,18,20,24)/t10-,11+/m1/s1. The maximum Gasteiger partial charge on any atom is 0.242 e. The van der Waals surface area contributed by atoms with E-state index in [-0.39, 0.29) is 11.9 Å². The Balaban J connectivity index is 1.61. The van der Waals surface area contributed by atoms with Gasteiger partial charge in [-0.25, -0.2) is 4.98 Å². The second kappa shape index (κ2) is 7.27. The molecule has 3 heterocycles. The highest BCUT2D eigenvalue weighted by atomic mass is 35.5. The summed E-state index contributed by atoms with van der Waals surface area (Å²) in [6.07, 6.45) is 4.77. The number of nitrogens with one attached hydrogen (secondary N) is 2. The lowest BCUT2D eigenvalue weighted by atomic mass is 10.1. The highest BCUT2D eigenvalue weighted by molar-refractivity contribution is 6.30. The molecule has 8 heteroatoms. The Morgan fingerprint density at radius 2 is 2.12 bits per heavy atom. The number of anilines is 1. The van der Waals surface area contributed by atoms with Gasteiger partial charge in [-0.3, -0.25) is 10.1 Å². The van der Waals surface area contributed by atoms with Gasteiger partial charge in [-0.15, -0.1) is 10.2 Å². The Kier molecular flexibility index (Phi) is 5.11. The van der Waals surface area contributed by atoms with Crippen LogP contribution in [-0.2, 0) is 17.8 Å². The Morgan fingerprint density at radius 3 is 2.88 bits per heavy atom. The summed E-state index contributed by atoms with van der Waals surface area (Å²) in [5.41, 5.74) is 0. The number of amides is 1. The molecular formula is C16H21ClN6O. The van der Waals surface area contributed by atoms with Crippen molar-refractivity contribution in [2.24, 2.45) is 0 Å². The van der Waals surface area contributed by atoms with Crippen molar-refractivity contribution in [1.82, 2.24) is 25.1 Å². The number of hydrogen-bond donors (Lipinski definition) is 2. The molecule has 0 bridgehead atoms. The topological polar surface area (TPSA) is 84.7 Å². The number of halogens is 1. The summed E-state index contributed by atoms with van der Waals surface area (Å²) < 4.78 is 2.16. The van der Waals surface area contributed by atoms with Crippen LogP contribution in [0.5, 0.6) is 0 Å². The molecule has 2 aromatic heterocycles. The Labute approximate surface area is 145 Å². The first-order valence-electron chi connectivity index (χ1n) is 8.15. The van der Waals surface area contributed by atoms with E-state index in [0.717, 1.165) is 37.5 Å². The van der Waals surface area contributed by atoms with E-state index in [2.05, 4.69) is 30.4 Å². The van der Waals surface area contributed by atoms with Crippen molar-refractivity contribution in [2.45, 2.75) is 51.7 Å². The molecule has 2 N–H and O–H groups in total. The maximum absolute atomic E-state index is 12.3. The number of aryl methyl sites for hydroxylation is 1. The molecule has 3 rings (SSSR count). The van der Waals surface area contributed by atoms with E-state index in [9.17, 15) is 4.79 Å². The smallest absolute Gasteiger partial charge is 0.242 e. The molecule has 0 spiro atoms. The van der Waals surface area contributed by atoms with Crippen molar-refractivity contribution >= 4 is 23.3 Å². The van der Waals surface area contributed by atoms with Gasteiger partial charge in [0.1, 0.15) is 17.5 Å². The summed E-state index contributed by atoms with van der Waals surface area (Å²) in [5.74, 6) is 2.24. The van der Waals surface area contributed by atoms with Crippen LogP contribution >= 0.6 is 11.6 Å². The van der Waals surface area contributed by atoms with Crippen molar-refractivity contribution in [3.05, 3.63) is 35.0 Å². The number of fused-ring (bicyclic) bond motifs is 1. The van der Waals surface area contributed by atoms with Crippen molar-refractivity contribution in [3.63, 3.8) is 0 Å². The molecule has 0 saturated carbocycles. The minimum Gasteiger partial charge on any atom is -0.314 e. The number of aromatic nitrogens is 4. The number of hydrogen-bond acceptors (Lipinski definition) is 5. The molecule has 0 saturated heterocycles. The summed E-state index contributed by atoms with van der Waals surface area (Å²) >= 11 is 5.79. The van der Waals surface area contributed by atoms with Crippen molar-refractivity contribution in [3.8, 4) is 0 Å². The normalized spacial score (nSPS) is 16.3. The second-order valence-corrected chi connectivity index (χ2v) is 6.48. The number of nitrogens with zero attached hydrogens (tertiary/aromatic N) is 4. The quantitative estimate of drug-likeness (QED) is 0.866. The van der Waals surface area contributed by atoms with Crippen LogP contribution in [0.1, 0.15) is 44.4 Å². The zero-order valence-corrected chi connectivity index (χ0v) is 14.5. The van der Waals surface area contributed by atoms with Crippen molar-refractivity contribution in [1.29, 1.82) is 0 Å². The lowest BCUT2D eigenvalue weighted by Crippen LogP contribution is -2.40. The van der Waals surface area contributed by atoms with E-state index in [1.807, 2.05) is 13.8 Å². The van der Waals surface area contributed by atoms with E-state index < -0.39 is 6.04 Å². The minimum atomic E-state index is -0.394. The molecule has 2 atom stereocenters. The first kappa shape index (κ1) is 16.9. The van der Waals surface area contributed by atoms with Gasteiger partial charge in [-0.1, -0.05) is 11.6 Å². The third kappa shape index (κ3) is 3.73. The number of carbonyl (C=O) groups excluding carboxylic acids is 1. The first-order chi connectivity index (χ1) is 11.5. The van der Waals surface area contributed by atoms with Crippen LogP contribution in [0.4, 0.5) is 5.82 Å². The third-order valence-corrected chi connectivity index (χ3v) is 4.37. The predicted octanol–water partition coefficient (Wildman–Crippen LogP) is 2.34. The van der Waals surface area contributed by atoms with E-state index in [0.29, 0.717) is 10.8 Å². The molecule has 128 valence electrons. The Bertz CT molecular complexity index is 714. The molecule has 2 aromatic rings. The van der Waals surface area contributed by atoms with Gasteiger partial charge in [0.15, 0.2) is 0 Å². The zero-order chi connectivity index (χ0) is 17.1. The fourth-order valence-electron chi connectivity index (χ4n) is 2.86. The van der Waals surface area contributed by atoms with E-state index >= 15 is 0 Å². The third-order valence-electron chi connectivity index (χ3n) is 4.15. The van der Waals surface area contributed by atoms with Crippen LogP contribution in [0.2, 0.25) is 5.02 Å². The number of carbonyl (C=O) groups is 1. The fourth-order valence-corrected chi connectivity index (χ4v) is 2.97. The first-order valence-corrected chi connectivity index (χ1v) is 8.53. The van der Waals surface area contributed by atoms with Crippen LogP contribution in [-0.4, -0.2) is 31.7 Å². The average molecular weight is 349 g/mol. The molecule has 1 amide bonds. The van der Waals surface area contributed by atoms with Crippen molar-refractivity contribution < 1.29 is 4.79 Å². The summed E-state index contributed by atoms with van der Waals surface area (Å²) in [6.45, 7) is 4.75. The number of pyridine rings is 1. The molecular weight excluding hydrogens is 328 g/mol. The maximum atomic E-state index is 12.3. The van der Waals surface area contributed by atoms with Gasteiger partial charge in [0.2, 0.25) is 5.91 Å². The minimum absolute atomic E-state index is 0.0664. The summed E-state index contributed by atoms with van der Waals surface area (Å²) in [6, 6.07) is 2.90. The lowest BCUT2D eigenvalue weighted by Gasteiger charge is -2.21. The molecule has 1 aliphatic rings. The molecule has 0 radical (unpaired) electrons. The van der Waals surface area contributed by atoms with Crippen LogP contribution in [0.25, 0.3) is 0 Å². The van der Waals surface area contributed by atoms with Crippen LogP contribution in [0.3, 0.4) is 0 Å². The van der Waals surface area contributed by atoms with Gasteiger partial charge in [0, 0.05) is 19.2 Å². The van der Waals surface area contributed by atoms with Gasteiger partial charge in [-0.05, 0) is 38.8 Å². The second-order valence-electron chi connectivity index (χ2n) is 6.04. The van der Waals surface area contributed by atoms with Gasteiger partial charge in [-0.2, -0.15) is 0 Å². The Morgan fingerprint density at radius 1 is 1.29 bits per heavy atom. The molecule has 0 unspecified atom stereocenters. The molecule has 24 heavy (non-hydrogen) atoms. The molecule has 0 aromatic carbocycles. The summed E-state index contributed by atoms with van der Waals surface area (Å²) in [7, 11) is 0. The van der Waals surface area contributed by atoms with E-state index in [4.69, 9.17) is 11.6 Å². The summed E-state index contributed by atoms with van der Waals surface area (Å²) in [4.78, 5) is 16.4. The predicted molar refractivity (Wildman–Crippen MR) is 91.8 cm³/mol. The van der Waals surface area contributed by atoms with Crippen molar-refractivity contribution in [2.75, 3.05) is 5.32 Å². The van der Waals surface area contributed by atoms with Crippen LogP contribution in [0.15, 0.2) is 18.3 Å². The van der Waals surface area contributed by atoms with Crippen LogP contribution < -0.4 is 10.6 Å². The van der Waals surface area contributed by atoms with Gasteiger partial charge in [0.25, 0.3) is 0 Å².